The number of carbonyl (C=O) groups excluding carboxylic acids is 3. The molecule has 252 valence electrons. The van der Waals surface area contributed by atoms with Crippen LogP contribution in [0, 0.1) is 5.92 Å². The third-order valence-electron chi connectivity index (χ3n) is 10.4. The topological polar surface area (TPSA) is 99.2 Å². The zero-order chi connectivity index (χ0) is 34.5. The van der Waals surface area contributed by atoms with E-state index in [4.69, 9.17) is 4.74 Å². The van der Waals surface area contributed by atoms with Gasteiger partial charge in [-0.2, -0.15) is 0 Å². The quantitative estimate of drug-likeness (QED) is 0.167. The summed E-state index contributed by atoms with van der Waals surface area (Å²) in [7, 11) is -3.56. The first-order valence-electron chi connectivity index (χ1n) is 16.8. The van der Waals surface area contributed by atoms with Crippen molar-refractivity contribution < 1.29 is 28.3 Å². The number of hydrogen-bond donors (Lipinski definition) is 2. The molecule has 4 aromatic carbocycles. The lowest BCUT2D eigenvalue weighted by Gasteiger charge is -2.37. The Kier molecular flexibility index (Phi) is 8.50. The van der Waals surface area contributed by atoms with E-state index in [1.165, 1.54) is 0 Å². The van der Waals surface area contributed by atoms with Crippen LogP contribution in [0.4, 0.5) is 21.2 Å². The molecule has 0 unspecified atom stereocenters. The van der Waals surface area contributed by atoms with E-state index < -0.39 is 37.6 Å². The predicted octanol–water partition coefficient (Wildman–Crippen LogP) is 6.73. The van der Waals surface area contributed by atoms with E-state index in [-0.39, 0.29) is 30.7 Å². The molecule has 7 rings (SSSR count). The fraction of sp³-hybridized carbons (Fsp3) is 0.308. The molecule has 1 spiro atoms. The van der Waals surface area contributed by atoms with Gasteiger partial charge in [-0.05, 0) is 73.1 Å². The summed E-state index contributed by atoms with van der Waals surface area (Å²) in [4.78, 5) is 45.4. The number of aliphatic hydroxyl groups is 1. The average Bonchev–Trinajstić information content (AvgIpc) is 3.54. The SMILES string of the molecule is C[C@@H]1[C@@H]([Si](C)(C)F)[C@H](CC(=O)N2Cc3ccccc3C[C@H]2CO)O[C@@]12C(=O)N(c1ccccc1)c1ccc(NC(=O)c3ccccc3)cc12. The van der Waals surface area contributed by atoms with Crippen LogP contribution >= 0.6 is 0 Å². The molecule has 8 nitrogen and oxygen atoms in total. The summed E-state index contributed by atoms with van der Waals surface area (Å²) in [5.74, 6) is -1.54. The maximum absolute atomic E-state index is 16.5. The molecular weight excluding hydrogens is 638 g/mol. The van der Waals surface area contributed by atoms with Crippen LogP contribution in [0.1, 0.15) is 40.4 Å². The first-order valence-corrected chi connectivity index (χ1v) is 19.7. The molecule has 3 amide bonds. The normalized spacial score (nSPS) is 24.6. The Morgan fingerprint density at radius 2 is 1.61 bits per heavy atom. The highest BCUT2D eigenvalue weighted by Gasteiger charge is 2.67. The number of carbonyl (C=O) groups is 3. The van der Waals surface area contributed by atoms with Gasteiger partial charge < -0.3 is 24.2 Å². The molecule has 49 heavy (non-hydrogen) atoms. The molecule has 4 aromatic rings. The minimum Gasteiger partial charge on any atom is -0.394 e. The molecule has 5 atom stereocenters. The van der Waals surface area contributed by atoms with Gasteiger partial charge >= 0.3 is 0 Å². The number of fused-ring (bicyclic) bond motifs is 3. The number of ether oxygens (including phenoxy) is 1. The standard InChI is InChI=1S/C39H40FN3O5Si/c1-25-36(49(2,3)40)34(22-35(45)42-23-28-15-11-10-14-27(28)20-31(42)24-44)48-39(25)32-21-29(41-37(46)26-12-6-4-7-13-26)18-19-33(32)43(38(39)47)30-16-8-5-9-17-30/h4-19,21,25,31,34,36,44H,20,22-24H2,1-3H3,(H,41,46)/t25-,31+,34+,36-,39+/m1/s1. The number of nitrogens with zero attached hydrogens (tertiary/aromatic N) is 2. The fourth-order valence-corrected chi connectivity index (χ4v) is 10.7. The zero-order valence-electron chi connectivity index (χ0n) is 27.8. The van der Waals surface area contributed by atoms with Gasteiger partial charge in [-0.25, -0.2) is 0 Å². The number of nitrogens with one attached hydrogen (secondary N) is 1. The van der Waals surface area contributed by atoms with Crippen LogP contribution in [-0.4, -0.2) is 54.9 Å². The maximum atomic E-state index is 16.5. The largest absolute Gasteiger partial charge is 0.394 e. The van der Waals surface area contributed by atoms with Crippen LogP contribution in [0.3, 0.4) is 0 Å². The van der Waals surface area contributed by atoms with E-state index in [0.717, 1.165) is 11.1 Å². The molecule has 0 aromatic heterocycles. The number of hydrogen-bond acceptors (Lipinski definition) is 5. The van der Waals surface area contributed by atoms with Crippen LogP contribution in [0.25, 0.3) is 0 Å². The highest BCUT2D eigenvalue weighted by atomic mass is 28.4. The van der Waals surface area contributed by atoms with Crippen LogP contribution in [-0.2, 0) is 32.9 Å². The van der Waals surface area contributed by atoms with Gasteiger partial charge in [0.1, 0.15) is 0 Å². The molecule has 3 heterocycles. The van der Waals surface area contributed by atoms with E-state index >= 15 is 4.11 Å². The monoisotopic (exact) mass is 677 g/mol. The molecule has 10 heteroatoms. The molecule has 3 aliphatic heterocycles. The Morgan fingerprint density at radius 3 is 2.29 bits per heavy atom. The summed E-state index contributed by atoms with van der Waals surface area (Å²) in [6.07, 6.45) is -0.499. The average molecular weight is 678 g/mol. The number of para-hydroxylation sites is 1. The van der Waals surface area contributed by atoms with Crippen molar-refractivity contribution in [3.05, 3.63) is 125 Å². The first kappa shape index (κ1) is 32.9. The number of halogens is 1. The second-order valence-electron chi connectivity index (χ2n) is 13.8. The maximum Gasteiger partial charge on any atom is 0.268 e. The smallest absolute Gasteiger partial charge is 0.268 e. The number of anilines is 3. The summed E-state index contributed by atoms with van der Waals surface area (Å²) in [5.41, 5.74) is 2.50. The van der Waals surface area contributed by atoms with Crippen molar-refractivity contribution in [3.63, 3.8) is 0 Å². The van der Waals surface area contributed by atoms with Gasteiger partial charge in [-0.3, -0.25) is 19.3 Å². The third kappa shape index (κ3) is 5.67. The Balaban J connectivity index is 1.28. The summed E-state index contributed by atoms with van der Waals surface area (Å²) in [6.45, 7) is 5.19. The molecule has 0 bridgehead atoms. The highest BCUT2D eigenvalue weighted by Crippen LogP contribution is 2.61. The second-order valence-corrected chi connectivity index (χ2v) is 17.6. The van der Waals surface area contributed by atoms with E-state index in [1.54, 1.807) is 65.4 Å². The lowest BCUT2D eigenvalue weighted by Crippen LogP contribution is -2.48. The van der Waals surface area contributed by atoms with E-state index in [9.17, 15) is 19.5 Å². The van der Waals surface area contributed by atoms with Gasteiger partial charge in [0, 0.05) is 40.5 Å². The molecule has 1 fully saturated rings. The van der Waals surface area contributed by atoms with Gasteiger partial charge in [0.2, 0.25) is 14.3 Å². The molecule has 0 aliphatic carbocycles. The summed E-state index contributed by atoms with van der Waals surface area (Å²) in [6, 6.07) is 30.8. The van der Waals surface area contributed by atoms with Gasteiger partial charge in [-0.15, -0.1) is 0 Å². The van der Waals surface area contributed by atoms with Crippen LogP contribution in [0.15, 0.2) is 103 Å². The van der Waals surface area contributed by atoms with Crippen LogP contribution in [0.5, 0.6) is 0 Å². The Hall–Kier alpha value is -4.64. The lowest BCUT2D eigenvalue weighted by atomic mass is 9.82. The van der Waals surface area contributed by atoms with Gasteiger partial charge in [-0.1, -0.05) is 67.6 Å². The summed E-state index contributed by atoms with van der Waals surface area (Å²) in [5, 5.41) is 13.2. The number of benzene rings is 4. The van der Waals surface area contributed by atoms with Gasteiger partial charge in [0.25, 0.3) is 11.8 Å². The second kappa shape index (κ2) is 12.7. The van der Waals surface area contributed by atoms with Crippen LogP contribution < -0.4 is 10.2 Å². The fourth-order valence-electron chi connectivity index (χ4n) is 8.21. The number of rotatable bonds is 7. The molecule has 1 saturated heterocycles. The van der Waals surface area contributed by atoms with Crippen LogP contribution in [0.2, 0.25) is 18.6 Å². The van der Waals surface area contributed by atoms with E-state index in [1.807, 2.05) is 67.6 Å². The van der Waals surface area contributed by atoms with Crippen molar-refractivity contribution in [3.8, 4) is 0 Å². The highest BCUT2D eigenvalue weighted by molar-refractivity contribution is 6.72. The predicted molar refractivity (Wildman–Crippen MR) is 189 cm³/mol. The summed E-state index contributed by atoms with van der Waals surface area (Å²) >= 11 is 0. The van der Waals surface area contributed by atoms with Crippen molar-refractivity contribution in [2.45, 2.75) is 62.7 Å². The Labute approximate surface area is 286 Å². The third-order valence-corrected chi connectivity index (χ3v) is 12.9. The molecular formula is C39H40FN3O5Si. The molecule has 3 aliphatic rings. The lowest BCUT2D eigenvalue weighted by molar-refractivity contribution is -0.150. The molecule has 2 N–H and O–H groups in total. The van der Waals surface area contributed by atoms with Gasteiger partial charge in [0.05, 0.1) is 30.9 Å². The minimum absolute atomic E-state index is 0.131. The van der Waals surface area contributed by atoms with Gasteiger partial charge in [0.15, 0.2) is 5.60 Å². The Bertz CT molecular complexity index is 1900. The van der Waals surface area contributed by atoms with E-state index in [2.05, 4.69) is 5.32 Å². The number of aliphatic hydroxyl groups excluding tert-OH is 1. The summed E-state index contributed by atoms with van der Waals surface area (Å²) < 4.78 is 23.4. The van der Waals surface area contributed by atoms with Crippen molar-refractivity contribution >= 4 is 43.2 Å². The zero-order valence-corrected chi connectivity index (χ0v) is 28.8. The van der Waals surface area contributed by atoms with E-state index in [0.29, 0.717) is 41.2 Å². The minimum atomic E-state index is -3.56. The molecule has 0 radical (unpaired) electrons. The molecule has 0 saturated carbocycles. The van der Waals surface area contributed by atoms with Crippen molar-refractivity contribution in [1.29, 1.82) is 0 Å². The Morgan fingerprint density at radius 1 is 0.959 bits per heavy atom. The first-order chi connectivity index (χ1) is 23.5. The van der Waals surface area contributed by atoms with Crippen molar-refractivity contribution in [2.24, 2.45) is 5.92 Å². The number of amides is 3. The van der Waals surface area contributed by atoms with Crippen molar-refractivity contribution in [2.75, 3.05) is 16.8 Å². The van der Waals surface area contributed by atoms with Crippen molar-refractivity contribution in [1.82, 2.24) is 4.90 Å².